The summed E-state index contributed by atoms with van der Waals surface area (Å²) in [4.78, 5) is 0. The highest BCUT2D eigenvalue weighted by atomic mass is 32.1. The molecule has 0 aliphatic carbocycles. The molecule has 1 N–H and O–H groups in total. The van der Waals surface area contributed by atoms with E-state index in [0.717, 1.165) is 0 Å². The van der Waals surface area contributed by atoms with Gasteiger partial charge in [-0.1, -0.05) is 18.2 Å². The van der Waals surface area contributed by atoms with Gasteiger partial charge >= 0.3 is 0 Å². The lowest BCUT2D eigenvalue weighted by atomic mass is 10.0. The molecule has 1 aromatic heterocycles. The fraction of sp³-hybridized carbons (Fsp3) is 0.231. The third kappa shape index (κ3) is 2.46. The lowest BCUT2D eigenvalue weighted by Crippen LogP contribution is -2.08. The highest BCUT2D eigenvalue weighted by molar-refractivity contribution is 7.17. The van der Waals surface area contributed by atoms with E-state index in [4.69, 9.17) is 0 Å². The molecule has 2 aromatic rings. The van der Waals surface area contributed by atoms with Crippen molar-refractivity contribution < 1.29 is 5.11 Å². The SMILES string of the molecule is C=CCC(O)Cc1ccc2sccc2c1. The van der Waals surface area contributed by atoms with Crippen LogP contribution >= 0.6 is 11.3 Å². The largest absolute Gasteiger partial charge is 0.392 e. The molecule has 0 radical (unpaired) electrons. The van der Waals surface area contributed by atoms with Crippen LogP contribution in [-0.2, 0) is 6.42 Å². The van der Waals surface area contributed by atoms with E-state index in [2.05, 4.69) is 36.2 Å². The lowest BCUT2D eigenvalue weighted by molar-refractivity contribution is 0.178. The molecule has 2 heteroatoms. The summed E-state index contributed by atoms with van der Waals surface area (Å²) in [7, 11) is 0. The number of benzene rings is 1. The Morgan fingerprint density at radius 1 is 1.40 bits per heavy atom. The molecule has 1 unspecified atom stereocenters. The van der Waals surface area contributed by atoms with Crippen molar-refractivity contribution in [2.75, 3.05) is 0 Å². The average molecular weight is 218 g/mol. The summed E-state index contributed by atoms with van der Waals surface area (Å²) in [5.74, 6) is 0. The second-order valence-electron chi connectivity index (χ2n) is 3.68. The van der Waals surface area contributed by atoms with Crippen molar-refractivity contribution in [1.29, 1.82) is 0 Å². The highest BCUT2D eigenvalue weighted by Gasteiger charge is 2.04. The molecule has 0 bridgehead atoms. The normalized spacial score (nSPS) is 12.9. The molecule has 2 rings (SSSR count). The second kappa shape index (κ2) is 4.60. The summed E-state index contributed by atoms with van der Waals surface area (Å²) in [6, 6.07) is 8.47. The second-order valence-corrected chi connectivity index (χ2v) is 4.62. The molecule has 1 nitrogen and oxygen atoms in total. The van der Waals surface area contributed by atoms with Crippen LogP contribution in [0.5, 0.6) is 0 Å². The molecule has 0 saturated heterocycles. The topological polar surface area (TPSA) is 20.2 Å². The molecule has 0 aliphatic rings. The molecule has 1 heterocycles. The predicted molar refractivity (Wildman–Crippen MR) is 66.3 cm³/mol. The van der Waals surface area contributed by atoms with E-state index in [1.807, 2.05) is 0 Å². The van der Waals surface area contributed by atoms with Crippen LogP contribution in [0.15, 0.2) is 42.3 Å². The Morgan fingerprint density at radius 2 is 2.27 bits per heavy atom. The quantitative estimate of drug-likeness (QED) is 0.780. The minimum atomic E-state index is -0.307. The number of fused-ring (bicyclic) bond motifs is 1. The van der Waals surface area contributed by atoms with Gasteiger partial charge in [0, 0.05) is 4.70 Å². The summed E-state index contributed by atoms with van der Waals surface area (Å²) in [5, 5.41) is 13.0. The summed E-state index contributed by atoms with van der Waals surface area (Å²) in [6.45, 7) is 3.63. The summed E-state index contributed by atoms with van der Waals surface area (Å²) in [6.07, 6.45) is 2.81. The molecule has 15 heavy (non-hydrogen) atoms. The Kier molecular flexibility index (Phi) is 3.19. The van der Waals surface area contributed by atoms with Crippen molar-refractivity contribution in [1.82, 2.24) is 0 Å². The molecule has 0 amide bonds. The van der Waals surface area contributed by atoms with Crippen molar-refractivity contribution in [3.05, 3.63) is 47.9 Å². The van der Waals surface area contributed by atoms with Crippen LogP contribution in [0.3, 0.4) is 0 Å². The maximum atomic E-state index is 9.66. The maximum Gasteiger partial charge on any atom is 0.0614 e. The van der Waals surface area contributed by atoms with Gasteiger partial charge in [-0.05, 0) is 41.3 Å². The summed E-state index contributed by atoms with van der Waals surface area (Å²) >= 11 is 1.75. The predicted octanol–water partition coefficient (Wildman–Crippen LogP) is 3.38. The third-order valence-electron chi connectivity index (χ3n) is 2.43. The number of rotatable bonds is 4. The zero-order valence-corrected chi connectivity index (χ0v) is 9.33. The van der Waals surface area contributed by atoms with E-state index in [-0.39, 0.29) is 6.10 Å². The molecule has 0 saturated carbocycles. The fourth-order valence-corrected chi connectivity index (χ4v) is 2.46. The van der Waals surface area contributed by atoms with Crippen molar-refractivity contribution in [2.45, 2.75) is 18.9 Å². The van der Waals surface area contributed by atoms with Gasteiger partial charge in [0.2, 0.25) is 0 Å². The maximum absolute atomic E-state index is 9.66. The summed E-state index contributed by atoms with van der Waals surface area (Å²) in [5.41, 5.74) is 1.19. The van der Waals surface area contributed by atoms with Crippen molar-refractivity contribution in [2.24, 2.45) is 0 Å². The van der Waals surface area contributed by atoms with E-state index in [1.165, 1.54) is 15.6 Å². The van der Waals surface area contributed by atoms with Crippen LogP contribution < -0.4 is 0 Å². The summed E-state index contributed by atoms with van der Waals surface area (Å²) < 4.78 is 1.30. The number of thiophene rings is 1. The number of aliphatic hydroxyl groups excluding tert-OH is 1. The monoisotopic (exact) mass is 218 g/mol. The van der Waals surface area contributed by atoms with Gasteiger partial charge in [-0.15, -0.1) is 17.9 Å². The zero-order valence-electron chi connectivity index (χ0n) is 8.52. The standard InChI is InChI=1S/C13H14OS/c1-2-3-12(14)9-10-4-5-13-11(8-10)6-7-15-13/h2,4-8,12,14H,1,3,9H2. The van der Waals surface area contributed by atoms with Gasteiger partial charge in [0.05, 0.1) is 6.10 Å². The van der Waals surface area contributed by atoms with Gasteiger partial charge < -0.3 is 5.11 Å². The first-order valence-corrected chi connectivity index (χ1v) is 5.92. The molecule has 78 valence electrons. The lowest BCUT2D eigenvalue weighted by Gasteiger charge is -2.07. The first-order valence-electron chi connectivity index (χ1n) is 5.04. The van der Waals surface area contributed by atoms with E-state index in [9.17, 15) is 5.11 Å². The Balaban J connectivity index is 2.17. The van der Waals surface area contributed by atoms with Gasteiger partial charge in [-0.3, -0.25) is 0 Å². The number of aliphatic hydroxyl groups is 1. The van der Waals surface area contributed by atoms with Gasteiger partial charge in [0.25, 0.3) is 0 Å². The van der Waals surface area contributed by atoms with E-state index in [0.29, 0.717) is 12.8 Å². The Bertz CT molecular complexity index is 458. The molecule has 1 atom stereocenters. The minimum Gasteiger partial charge on any atom is -0.392 e. The van der Waals surface area contributed by atoms with Crippen LogP contribution in [0, 0.1) is 0 Å². The van der Waals surface area contributed by atoms with Crippen molar-refractivity contribution >= 4 is 21.4 Å². The average Bonchev–Trinajstić information content (AvgIpc) is 2.65. The Labute approximate surface area is 93.7 Å². The number of hydrogen-bond donors (Lipinski definition) is 1. The first kappa shape index (κ1) is 10.4. The highest BCUT2D eigenvalue weighted by Crippen LogP contribution is 2.22. The van der Waals surface area contributed by atoms with Crippen LogP contribution in [0.2, 0.25) is 0 Å². The fourth-order valence-electron chi connectivity index (χ4n) is 1.69. The smallest absolute Gasteiger partial charge is 0.0614 e. The van der Waals surface area contributed by atoms with Gasteiger partial charge in [0.1, 0.15) is 0 Å². The van der Waals surface area contributed by atoms with E-state index >= 15 is 0 Å². The van der Waals surface area contributed by atoms with Crippen LogP contribution in [0.25, 0.3) is 10.1 Å². The van der Waals surface area contributed by atoms with Crippen molar-refractivity contribution in [3.63, 3.8) is 0 Å². The van der Waals surface area contributed by atoms with Gasteiger partial charge in [0.15, 0.2) is 0 Å². The zero-order chi connectivity index (χ0) is 10.7. The molecule has 0 fully saturated rings. The molecular formula is C13H14OS. The van der Waals surface area contributed by atoms with Crippen LogP contribution in [-0.4, -0.2) is 11.2 Å². The molecule has 1 aromatic carbocycles. The third-order valence-corrected chi connectivity index (χ3v) is 3.32. The van der Waals surface area contributed by atoms with Crippen molar-refractivity contribution in [3.8, 4) is 0 Å². The Morgan fingerprint density at radius 3 is 3.07 bits per heavy atom. The van der Waals surface area contributed by atoms with Crippen LogP contribution in [0.1, 0.15) is 12.0 Å². The van der Waals surface area contributed by atoms with E-state index in [1.54, 1.807) is 17.4 Å². The molecule has 0 spiro atoms. The van der Waals surface area contributed by atoms with E-state index < -0.39 is 0 Å². The number of hydrogen-bond acceptors (Lipinski definition) is 2. The minimum absolute atomic E-state index is 0.307. The van der Waals surface area contributed by atoms with Crippen LogP contribution in [0.4, 0.5) is 0 Å². The molecule has 0 aliphatic heterocycles. The van der Waals surface area contributed by atoms with Gasteiger partial charge in [-0.25, -0.2) is 0 Å². The Hall–Kier alpha value is -1.12. The van der Waals surface area contributed by atoms with Gasteiger partial charge in [-0.2, -0.15) is 0 Å². The molecular weight excluding hydrogens is 204 g/mol. The first-order chi connectivity index (χ1) is 7.29.